The van der Waals surface area contributed by atoms with Gasteiger partial charge < -0.3 is 0 Å². The molecular weight excluding hydrogens is 294 g/mol. The Labute approximate surface area is 141 Å². The van der Waals surface area contributed by atoms with E-state index in [-0.39, 0.29) is 0 Å². The highest BCUT2D eigenvalue weighted by Gasteiger charge is 2.09. The molecule has 0 N–H and O–H groups in total. The minimum atomic E-state index is 0.654. The summed E-state index contributed by atoms with van der Waals surface area (Å²) in [5, 5.41) is 1.03. The molecule has 3 nitrogen and oxygen atoms in total. The molecule has 116 valence electrons. The van der Waals surface area contributed by atoms with Crippen molar-refractivity contribution in [1.82, 2.24) is 15.0 Å². The van der Waals surface area contributed by atoms with Gasteiger partial charge in [-0.15, -0.1) is 0 Å². The lowest BCUT2D eigenvalue weighted by Gasteiger charge is -2.09. The van der Waals surface area contributed by atoms with Crippen LogP contribution in [-0.4, -0.2) is 15.0 Å². The Morgan fingerprint density at radius 1 is 0.708 bits per heavy atom. The SMILES string of the molecule is Cc1cccc(-c2cccc(-c3ncc4ccccc4n3)n2)c1C. The van der Waals surface area contributed by atoms with E-state index in [1.165, 1.54) is 11.1 Å². The van der Waals surface area contributed by atoms with Crippen LogP contribution >= 0.6 is 0 Å². The van der Waals surface area contributed by atoms with Gasteiger partial charge in [-0.25, -0.2) is 15.0 Å². The monoisotopic (exact) mass is 311 g/mol. The fraction of sp³-hybridized carbons (Fsp3) is 0.0952. The zero-order valence-electron chi connectivity index (χ0n) is 13.7. The van der Waals surface area contributed by atoms with Gasteiger partial charge in [0.2, 0.25) is 0 Å². The average Bonchev–Trinajstić information content (AvgIpc) is 2.64. The first-order valence-corrected chi connectivity index (χ1v) is 7.98. The third kappa shape index (κ3) is 2.54. The summed E-state index contributed by atoms with van der Waals surface area (Å²) < 4.78 is 0. The maximum Gasteiger partial charge on any atom is 0.178 e. The number of pyridine rings is 1. The number of benzene rings is 2. The van der Waals surface area contributed by atoms with E-state index in [0.717, 1.165) is 27.9 Å². The largest absolute Gasteiger partial charge is 0.244 e. The number of hydrogen-bond donors (Lipinski definition) is 0. The minimum absolute atomic E-state index is 0.654. The number of rotatable bonds is 2. The van der Waals surface area contributed by atoms with Gasteiger partial charge in [-0.2, -0.15) is 0 Å². The van der Waals surface area contributed by atoms with E-state index in [2.05, 4.69) is 42.0 Å². The predicted molar refractivity (Wildman–Crippen MR) is 97.7 cm³/mol. The summed E-state index contributed by atoms with van der Waals surface area (Å²) in [6.45, 7) is 4.25. The van der Waals surface area contributed by atoms with E-state index in [9.17, 15) is 0 Å². The summed E-state index contributed by atoms with van der Waals surface area (Å²) in [6, 6.07) is 20.3. The fourth-order valence-corrected chi connectivity index (χ4v) is 2.83. The Balaban J connectivity index is 1.83. The smallest absolute Gasteiger partial charge is 0.178 e. The molecule has 0 saturated carbocycles. The second-order valence-electron chi connectivity index (χ2n) is 5.91. The van der Waals surface area contributed by atoms with Gasteiger partial charge in [0.05, 0.1) is 11.2 Å². The van der Waals surface area contributed by atoms with Crippen molar-refractivity contribution in [3.05, 3.63) is 78.0 Å². The van der Waals surface area contributed by atoms with Gasteiger partial charge in [0.25, 0.3) is 0 Å². The number of nitrogens with zero attached hydrogens (tertiary/aromatic N) is 3. The summed E-state index contributed by atoms with van der Waals surface area (Å²) in [7, 11) is 0. The highest BCUT2D eigenvalue weighted by Crippen LogP contribution is 2.26. The maximum atomic E-state index is 4.80. The third-order valence-corrected chi connectivity index (χ3v) is 4.35. The first-order chi connectivity index (χ1) is 11.7. The zero-order valence-corrected chi connectivity index (χ0v) is 13.7. The second-order valence-corrected chi connectivity index (χ2v) is 5.91. The van der Waals surface area contributed by atoms with Crippen molar-refractivity contribution < 1.29 is 0 Å². The molecule has 0 radical (unpaired) electrons. The molecule has 0 atom stereocenters. The molecule has 0 aliphatic heterocycles. The van der Waals surface area contributed by atoms with E-state index in [1.807, 2.05) is 48.7 Å². The van der Waals surface area contributed by atoms with E-state index in [1.54, 1.807) is 0 Å². The number of aromatic nitrogens is 3. The van der Waals surface area contributed by atoms with Crippen molar-refractivity contribution in [3.63, 3.8) is 0 Å². The standard InChI is InChI=1S/C21H17N3/c1-14-7-5-9-17(15(14)2)19-11-6-12-20(23-19)21-22-13-16-8-3-4-10-18(16)24-21/h3-13H,1-2H3. The number of fused-ring (bicyclic) bond motifs is 1. The van der Waals surface area contributed by atoms with Gasteiger partial charge in [0.1, 0.15) is 5.69 Å². The lowest BCUT2D eigenvalue weighted by Crippen LogP contribution is -1.95. The third-order valence-electron chi connectivity index (χ3n) is 4.35. The van der Waals surface area contributed by atoms with Gasteiger partial charge in [-0.3, -0.25) is 0 Å². The van der Waals surface area contributed by atoms with Crippen LogP contribution in [-0.2, 0) is 0 Å². The lowest BCUT2D eigenvalue weighted by molar-refractivity contribution is 1.17. The molecule has 4 rings (SSSR count). The molecule has 0 aliphatic carbocycles. The van der Waals surface area contributed by atoms with Crippen LogP contribution in [0.5, 0.6) is 0 Å². The second kappa shape index (κ2) is 5.85. The molecule has 0 aliphatic rings. The van der Waals surface area contributed by atoms with E-state index in [0.29, 0.717) is 5.82 Å². The van der Waals surface area contributed by atoms with Crippen molar-refractivity contribution in [2.75, 3.05) is 0 Å². The molecule has 0 spiro atoms. The van der Waals surface area contributed by atoms with Crippen LogP contribution in [0.25, 0.3) is 33.7 Å². The average molecular weight is 311 g/mol. The Hall–Kier alpha value is -3.07. The first-order valence-electron chi connectivity index (χ1n) is 7.98. The van der Waals surface area contributed by atoms with Crippen molar-refractivity contribution in [2.24, 2.45) is 0 Å². The quantitative estimate of drug-likeness (QED) is 0.524. The molecule has 3 heteroatoms. The minimum Gasteiger partial charge on any atom is -0.244 e. The van der Waals surface area contributed by atoms with Gasteiger partial charge in [0.15, 0.2) is 5.82 Å². The number of para-hydroxylation sites is 1. The lowest BCUT2D eigenvalue weighted by atomic mass is 10.0. The van der Waals surface area contributed by atoms with Crippen LogP contribution in [0.4, 0.5) is 0 Å². The Morgan fingerprint density at radius 3 is 2.42 bits per heavy atom. The molecular formula is C21H17N3. The van der Waals surface area contributed by atoms with Crippen LogP contribution in [0.1, 0.15) is 11.1 Å². The van der Waals surface area contributed by atoms with Crippen LogP contribution in [0.2, 0.25) is 0 Å². The van der Waals surface area contributed by atoms with E-state index < -0.39 is 0 Å². The summed E-state index contributed by atoms with van der Waals surface area (Å²) in [6.07, 6.45) is 1.85. The maximum absolute atomic E-state index is 4.80. The van der Waals surface area contributed by atoms with Gasteiger partial charge in [-0.05, 0) is 43.2 Å². The van der Waals surface area contributed by atoms with Gasteiger partial charge in [0, 0.05) is 17.1 Å². The Morgan fingerprint density at radius 2 is 1.50 bits per heavy atom. The molecule has 0 saturated heterocycles. The van der Waals surface area contributed by atoms with E-state index >= 15 is 0 Å². The molecule has 2 aromatic carbocycles. The first kappa shape index (κ1) is 14.5. The summed E-state index contributed by atoms with van der Waals surface area (Å²) in [5.74, 6) is 0.654. The molecule has 4 aromatic rings. The molecule has 2 aromatic heterocycles. The predicted octanol–water partition coefficient (Wildman–Crippen LogP) is 4.98. The molecule has 0 amide bonds. The summed E-state index contributed by atoms with van der Waals surface area (Å²) in [4.78, 5) is 13.9. The molecule has 2 heterocycles. The van der Waals surface area contributed by atoms with Crippen LogP contribution < -0.4 is 0 Å². The van der Waals surface area contributed by atoms with Crippen LogP contribution in [0.15, 0.2) is 66.9 Å². The van der Waals surface area contributed by atoms with Crippen LogP contribution in [0, 0.1) is 13.8 Å². The normalized spacial score (nSPS) is 10.9. The zero-order chi connectivity index (χ0) is 16.5. The van der Waals surface area contributed by atoms with Crippen molar-refractivity contribution in [1.29, 1.82) is 0 Å². The van der Waals surface area contributed by atoms with Gasteiger partial charge in [-0.1, -0.05) is 42.5 Å². The van der Waals surface area contributed by atoms with Gasteiger partial charge >= 0.3 is 0 Å². The summed E-state index contributed by atoms with van der Waals surface area (Å²) >= 11 is 0. The highest BCUT2D eigenvalue weighted by atomic mass is 14.9. The fourth-order valence-electron chi connectivity index (χ4n) is 2.83. The Kier molecular flexibility index (Phi) is 3.54. The Bertz CT molecular complexity index is 1040. The molecule has 0 unspecified atom stereocenters. The molecule has 0 bridgehead atoms. The summed E-state index contributed by atoms with van der Waals surface area (Å²) in [5.41, 5.74) is 6.34. The van der Waals surface area contributed by atoms with E-state index in [4.69, 9.17) is 4.98 Å². The number of hydrogen-bond acceptors (Lipinski definition) is 3. The van der Waals surface area contributed by atoms with Crippen LogP contribution in [0.3, 0.4) is 0 Å². The molecule has 24 heavy (non-hydrogen) atoms. The molecule has 0 fully saturated rings. The highest BCUT2D eigenvalue weighted by molar-refractivity contribution is 5.79. The van der Waals surface area contributed by atoms with Crippen molar-refractivity contribution in [3.8, 4) is 22.8 Å². The van der Waals surface area contributed by atoms with Crippen molar-refractivity contribution >= 4 is 10.9 Å². The van der Waals surface area contributed by atoms with Crippen molar-refractivity contribution in [2.45, 2.75) is 13.8 Å². The topological polar surface area (TPSA) is 38.7 Å². The number of aryl methyl sites for hydroxylation is 1.